The van der Waals surface area contributed by atoms with Gasteiger partial charge in [0.05, 0.1) is 18.8 Å². The molecule has 1 fully saturated rings. The van der Waals surface area contributed by atoms with Crippen LogP contribution in [-0.4, -0.2) is 17.8 Å². The molecule has 1 N–H and O–H groups in total. The van der Waals surface area contributed by atoms with Crippen LogP contribution in [0.2, 0.25) is 0 Å². The molecule has 3 aromatic rings. The molecule has 0 aliphatic heterocycles. The van der Waals surface area contributed by atoms with Crippen molar-refractivity contribution in [3.8, 4) is 16.9 Å². The van der Waals surface area contributed by atoms with E-state index in [0.717, 1.165) is 0 Å². The first kappa shape index (κ1) is 26.0. The number of halogens is 3. The number of aliphatic hydroxyl groups is 1. The lowest BCUT2D eigenvalue weighted by atomic mass is 9.82. The van der Waals surface area contributed by atoms with Crippen molar-refractivity contribution >= 4 is 0 Å². The zero-order valence-corrected chi connectivity index (χ0v) is 20.4. The van der Waals surface area contributed by atoms with Crippen molar-refractivity contribution in [2.24, 2.45) is 0 Å². The van der Waals surface area contributed by atoms with Crippen molar-refractivity contribution in [2.75, 3.05) is 6.61 Å². The first-order valence-electron chi connectivity index (χ1n) is 12.3. The van der Waals surface area contributed by atoms with Gasteiger partial charge in [-0.05, 0) is 61.3 Å². The van der Waals surface area contributed by atoms with Gasteiger partial charge in [0.1, 0.15) is 18.2 Å². The fraction of sp³-hybridized carbons (Fsp3) is 0.333. The number of hydrogen-bond donors (Lipinski definition) is 1. The summed E-state index contributed by atoms with van der Waals surface area (Å²) in [5, 5.41) is 9.66. The SMILES string of the molecule is C=CCOc1ccc(COC2CCC(c3ccc(-c4ccc(C(C)O)cc4)c(F)c3F)CC2)c(F)c1. The van der Waals surface area contributed by atoms with Gasteiger partial charge >= 0.3 is 0 Å². The van der Waals surface area contributed by atoms with Gasteiger partial charge in [-0.1, -0.05) is 55.1 Å². The van der Waals surface area contributed by atoms with Crippen molar-refractivity contribution in [1.29, 1.82) is 0 Å². The maximum Gasteiger partial charge on any atom is 0.166 e. The standard InChI is InChI=1S/C30H31F3O3/c1-3-16-35-25-13-10-23(28(31)17-25)18-36-24-11-8-22(9-12-24)27-15-14-26(29(32)30(27)33)21-6-4-20(5-7-21)19(2)34/h3-7,10,13-15,17,19,22,24,34H,1,8-9,11-12,16,18H2,2H3. The Labute approximate surface area is 210 Å². The van der Waals surface area contributed by atoms with E-state index in [1.54, 1.807) is 61.5 Å². The van der Waals surface area contributed by atoms with Gasteiger partial charge in [0.15, 0.2) is 11.6 Å². The third-order valence-corrected chi connectivity index (χ3v) is 6.80. The molecule has 1 aliphatic rings. The van der Waals surface area contributed by atoms with Crippen LogP contribution in [0.25, 0.3) is 11.1 Å². The summed E-state index contributed by atoms with van der Waals surface area (Å²) in [6.07, 6.45) is 3.63. The molecule has 0 spiro atoms. The summed E-state index contributed by atoms with van der Waals surface area (Å²) in [4.78, 5) is 0. The zero-order chi connectivity index (χ0) is 25.7. The molecule has 3 nitrogen and oxygen atoms in total. The van der Waals surface area contributed by atoms with Crippen molar-refractivity contribution in [2.45, 2.75) is 57.3 Å². The van der Waals surface area contributed by atoms with E-state index in [1.165, 1.54) is 6.07 Å². The second kappa shape index (κ2) is 11.8. The zero-order valence-electron chi connectivity index (χ0n) is 20.4. The Hall–Kier alpha value is -3.09. The molecule has 1 saturated carbocycles. The van der Waals surface area contributed by atoms with Crippen LogP contribution < -0.4 is 4.74 Å². The summed E-state index contributed by atoms with van der Waals surface area (Å²) in [6.45, 7) is 5.68. The first-order valence-corrected chi connectivity index (χ1v) is 12.3. The third kappa shape index (κ3) is 6.00. The molecule has 1 atom stereocenters. The Kier molecular flexibility index (Phi) is 8.49. The van der Waals surface area contributed by atoms with Gasteiger partial charge in [0.25, 0.3) is 0 Å². The van der Waals surface area contributed by atoms with Gasteiger partial charge in [-0.15, -0.1) is 0 Å². The van der Waals surface area contributed by atoms with Gasteiger partial charge in [-0.2, -0.15) is 0 Å². The normalized spacial score (nSPS) is 18.6. The highest BCUT2D eigenvalue weighted by Crippen LogP contribution is 2.38. The highest BCUT2D eigenvalue weighted by Gasteiger charge is 2.27. The first-order chi connectivity index (χ1) is 17.4. The Balaban J connectivity index is 1.35. The Bertz CT molecular complexity index is 1180. The summed E-state index contributed by atoms with van der Waals surface area (Å²) in [5.41, 5.74) is 2.32. The molecule has 3 aromatic carbocycles. The van der Waals surface area contributed by atoms with E-state index in [0.29, 0.717) is 60.3 Å². The van der Waals surface area contributed by atoms with Gasteiger partial charge in [0.2, 0.25) is 0 Å². The van der Waals surface area contributed by atoms with Crippen molar-refractivity contribution < 1.29 is 27.8 Å². The lowest BCUT2D eigenvalue weighted by Crippen LogP contribution is -2.21. The minimum Gasteiger partial charge on any atom is -0.489 e. The Morgan fingerprint density at radius 2 is 1.69 bits per heavy atom. The van der Waals surface area contributed by atoms with Crippen LogP contribution >= 0.6 is 0 Å². The number of aliphatic hydroxyl groups excluding tert-OH is 1. The van der Waals surface area contributed by atoms with E-state index in [9.17, 15) is 13.9 Å². The third-order valence-electron chi connectivity index (χ3n) is 6.80. The van der Waals surface area contributed by atoms with E-state index in [-0.39, 0.29) is 30.0 Å². The number of ether oxygens (including phenoxy) is 2. The molecule has 1 aliphatic carbocycles. The monoisotopic (exact) mass is 496 g/mol. The lowest BCUT2D eigenvalue weighted by molar-refractivity contribution is 0.0118. The average Bonchev–Trinajstić information content (AvgIpc) is 2.89. The van der Waals surface area contributed by atoms with Gasteiger partial charge in [0, 0.05) is 17.2 Å². The molecule has 4 rings (SSSR count). The number of benzene rings is 3. The number of hydrogen-bond acceptors (Lipinski definition) is 3. The summed E-state index contributed by atoms with van der Waals surface area (Å²) >= 11 is 0. The molecular weight excluding hydrogens is 465 g/mol. The molecule has 0 radical (unpaired) electrons. The maximum absolute atomic E-state index is 15.1. The molecule has 36 heavy (non-hydrogen) atoms. The van der Waals surface area contributed by atoms with Crippen molar-refractivity contribution in [1.82, 2.24) is 0 Å². The molecule has 6 heteroatoms. The van der Waals surface area contributed by atoms with Crippen LogP contribution in [0.5, 0.6) is 5.75 Å². The molecular formula is C30H31F3O3. The van der Waals surface area contributed by atoms with Crippen molar-refractivity contribution in [3.05, 3.63) is 101 Å². The summed E-state index contributed by atoms with van der Waals surface area (Å²) < 4.78 is 55.6. The second-order valence-electron chi connectivity index (χ2n) is 9.27. The van der Waals surface area contributed by atoms with E-state index >= 15 is 4.39 Å². The van der Waals surface area contributed by atoms with Gasteiger partial charge in [-0.25, -0.2) is 13.2 Å². The largest absolute Gasteiger partial charge is 0.489 e. The Morgan fingerprint density at radius 1 is 0.972 bits per heavy atom. The molecule has 0 saturated heterocycles. The van der Waals surface area contributed by atoms with Crippen molar-refractivity contribution in [3.63, 3.8) is 0 Å². The highest BCUT2D eigenvalue weighted by molar-refractivity contribution is 5.65. The van der Waals surface area contributed by atoms with E-state index in [1.807, 2.05) is 0 Å². The quantitative estimate of drug-likeness (QED) is 0.310. The van der Waals surface area contributed by atoms with Crippen LogP contribution in [-0.2, 0) is 11.3 Å². The van der Waals surface area contributed by atoms with E-state index in [4.69, 9.17) is 9.47 Å². The smallest absolute Gasteiger partial charge is 0.166 e. The van der Waals surface area contributed by atoms with Crippen LogP contribution in [0, 0.1) is 17.5 Å². The second-order valence-corrected chi connectivity index (χ2v) is 9.27. The van der Waals surface area contributed by atoms with E-state index in [2.05, 4.69) is 6.58 Å². The van der Waals surface area contributed by atoms with Crippen LogP contribution in [0.4, 0.5) is 13.2 Å². The van der Waals surface area contributed by atoms with Gasteiger partial charge in [-0.3, -0.25) is 0 Å². The van der Waals surface area contributed by atoms with Crippen LogP contribution in [0.15, 0.2) is 67.3 Å². The topological polar surface area (TPSA) is 38.7 Å². The number of rotatable bonds is 9. The van der Waals surface area contributed by atoms with Crippen LogP contribution in [0.3, 0.4) is 0 Å². The molecule has 0 amide bonds. The highest BCUT2D eigenvalue weighted by atomic mass is 19.2. The predicted molar refractivity (Wildman–Crippen MR) is 134 cm³/mol. The minimum absolute atomic E-state index is 0.0584. The summed E-state index contributed by atoms with van der Waals surface area (Å²) in [7, 11) is 0. The minimum atomic E-state index is -0.855. The Morgan fingerprint density at radius 3 is 2.33 bits per heavy atom. The lowest BCUT2D eigenvalue weighted by Gasteiger charge is -2.29. The molecule has 0 aromatic heterocycles. The fourth-order valence-corrected chi connectivity index (χ4v) is 4.68. The molecule has 190 valence electrons. The van der Waals surface area contributed by atoms with Crippen LogP contribution in [0.1, 0.15) is 61.3 Å². The van der Waals surface area contributed by atoms with Gasteiger partial charge < -0.3 is 14.6 Å². The predicted octanol–water partition coefficient (Wildman–Crippen LogP) is 7.63. The summed E-state index contributed by atoms with van der Waals surface area (Å²) in [5.74, 6) is -1.70. The molecule has 0 bridgehead atoms. The fourth-order valence-electron chi connectivity index (χ4n) is 4.68. The molecule has 1 unspecified atom stereocenters. The maximum atomic E-state index is 15.1. The average molecular weight is 497 g/mol. The molecule has 0 heterocycles. The summed E-state index contributed by atoms with van der Waals surface area (Å²) in [6, 6.07) is 14.8. The van der Waals surface area contributed by atoms with E-state index < -0.39 is 17.7 Å².